The van der Waals surface area contributed by atoms with Gasteiger partial charge in [-0.2, -0.15) is 0 Å². The van der Waals surface area contributed by atoms with Gasteiger partial charge in [0.1, 0.15) is 0 Å². The van der Waals surface area contributed by atoms with Crippen LogP contribution in [0.2, 0.25) is 0 Å². The first-order valence-electron chi connectivity index (χ1n) is 9.57. The molecule has 0 aromatic heterocycles. The summed E-state index contributed by atoms with van der Waals surface area (Å²) in [6.45, 7) is 4.88. The molecule has 2 amide bonds. The fourth-order valence-corrected chi connectivity index (χ4v) is 3.51. The fourth-order valence-electron chi connectivity index (χ4n) is 3.11. The summed E-state index contributed by atoms with van der Waals surface area (Å²) in [4.78, 5) is 26.9. The van der Waals surface area contributed by atoms with Crippen LogP contribution in [0.25, 0.3) is 0 Å². The Bertz CT molecular complexity index is 865. The average Bonchev–Trinajstić information content (AvgIpc) is 3.47. The lowest BCUT2D eigenvalue weighted by atomic mass is 10.1. The van der Waals surface area contributed by atoms with Crippen molar-refractivity contribution in [2.75, 3.05) is 23.7 Å². The second kappa shape index (κ2) is 9.34. The van der Waals surface area contributed by atoms with Gasteiger partial charge >= 0.3 is 0 Å². The molecule has 0 heterocycles. The molecule has 2 aromatic carbocycles. The molecule has 6 heteroatoms. The molecule has 28 heavy (non-hydrogen) atoms. The predicted molar refractivity (Wildman–Crippen MR) is 117 cm³/mol. The van der Waals surface area contributed by atoms with Crippen LogP contribution in [-0.4, -0.2) is 35.8 Å². The standard InChI is InChI=1S/C22H26BrN3O2/c1-15-6-7-16(2)20(12-15)25-22(28)14-26(19-8-9-19)11-10-21(27)24-18-5-3-4-17(23)13-18/h3-7,12-13,19H,8-11,14H2,1-2H3,(H,24,27)(H,25,28). The average molecular weight is 444 g/mol. The van der Waals surface area contributed by atoms with Crippen molar-refractivity contribution in [3.63, 3.8) is 0 Å². The highest BCUT2D eigenvalue weighted by molar-refractivity contribution is 9.10. The Balaban J connectivity index is 1.51. The number of carbonyl (C=O) groups is 2. The van der Waals surface area contributed by atoms with E-state index in [1.807, 2.05) is 56.3 Å². The zero-order valence-electron chi connectivity index (χ0n) is 16.3. The molecule has 2 N–H and O–H groups in total. The number of aryl methyl sites for hydroxylation is 2. The van der Waals surface area contributed by atoms with Gasteiger partial charge in [-0.15, -0.1) is 0 Å². The summed E-state index contributed by atoms with van der Waals surface area (Å²) in [7, 11) is 0. The van der Waals surface area contributed by atoms with Gasteiger partial charge in [0, 0.05) is 34.9 Å². The van der Waals surface area contributed by atoms with Crippen molar-refractivity contribution in [1.29, 1.82) is 0 Å². The molecule has 0 aliphatic heterocycles. The summed E-state index contributed by atoms with van der Waals surface area (Å²) < 4.78 is 0.924. The largest absolute Gasteiger partial charge is 0.326 e. The second-order valence-electron chi connectivity index (χ2n) is 7.38. The highest BCUT2D eigenvalue weighted by atomic mass is 79.9. The molecule has 148 valence electrons. The number of rotatable bonds is 8. The normalized spacial score (nSPS) is 13.4. The van der Waals surface area contributed by atoms with Gasteiger partial charge in [0.25, 0.3) is 0 Å². The van der Waals surface area contributed by atoms with Crippen molar-refractivity contribution in [2.45, 2.75) is 39.2 Å². The molecular weight excluding hydrogens is 418 g/mol. The number of nitrogens with one attached hydrogen (secondary N) is 2. The number of benzene rings is 2. The van der Waals surface area contributed by atoms with E-state index in [4.69, 9.17) is 0 Å². The number of anilines is 2. The van der Waals surface area contributed by atoms with Gasteiger partial charge in [-0.25, -0.2) is 0 Å². The van der Waals surface area contributed by atoms with Crippen LogP contribution in [0.3, 0.4) is 0 Å². The van der Waals surface area contributed by atoms with Crippen LogP contribution >= 0.6 is 15.9 Å². The van der Waals surface area contributed by atoms with E-state index in [2.05, 4.69) is 31.5 Å². The van der Waals surface area contributed by atoms with E-state index in [0.717, 1.165) is 39.8 Å². The zero-order chi connectivity index (χ0) is 20.1. The Labute approximate surface area is 174 Å². The van der Waals surface area contributed by atoms with Crippen LogP contribution in [-0.2, 0) is 9.59 Å². The Morgan fingerprint density at radius 1 is 1.07 bits per heavy atom. The fraction of sp³-hybridized carbons (Fsp3) is 0.364. The Morgan fingerprint density at radius 2 is 1.86 bits per heavy atom. The Morgan fingerprint density at radius 3 is 2.57 bits per heavy atom. The van der Waals surface area contributed by atoms with Gasteiger partial charge in [0.05, 0.1) is 6.54 Å². The summed E-state index contributed by atoms with van der Waals surface area (Å²) in [5.41, 5.74) is 3.78. The van der Waals surface area contributed by atoms with E-state index < -0.39 is 0 Å². The van der Waals surface area contributed by atoms with Crippen LogP contribution in [0.5, 0.6) is 0 Å². The summed E-state index contributed by atoms with van der Waals surface area (Å²) in [6, 6.07) is 14.0. The first kappa shape index (κ1) is 20.6. The minimum atomic E-state index is -0.0429. The maximum absolute atomic E-state index is 12.5. The second-order valence-corrected chi connectivity index (χ2v) is 8.29. The molecule has 0 atom stereocenters. The first-order chi connectivity index (χ1) is 13.4. The molecular formula is C22H26BrN3O2. The topological polar surface area (TPSA) is 61.4 Å². The van der Waals surface area contributed by atoms with Crippen LogP contribution < -0.4 is 10.6 Å². The van der Waals surface area contributed by atoms with E-state index in [1.165, 1.54) is 0 Å². The van der Waals surface area contributed by atoms with Crippen molar-refractivity contribution in [3.05, 3.63) is 58.1 Å². The zero-order valence-corrected chi connectivity index (χ0v) is 17.9. The molecule has 2 aromatic rings. The van der Waals surface area contributed by atoms with E-state index in [9.17, 15) is 9.59 Å². The molecule has 5 nitrogen and oxygen atoms in total. The molecule has 0 radical (unpaired) electrons. The molecule has 1 saturated carbocycles. The van der Waals surface area contributed by atoms with Gasteiger partial charge in [-0.1, -0.05) is 34.1 Å². The lowest BCUT2D eigenvalue weighted by Crippen LogP contribution is -2.37. The monoisotopic (exact) mass is 443 g/mol. The quantitative estimate of drug-likeness (QED) is 0.631. The van der Waals surface area contributed by atoms with Crippen LogP contribution in [0.15, 0.2) is 46.9 Å². The van der Waals surface area contributed by atoms with Gasteiger partial charge in [-0.3, -0.25) is 14.5 Å². The Kier molecular flexibility index (Phi) is 6.86. The van der Waals surface area contributed by atoms with Gasteiger partial charge in [0.15, 0.2) is 0 Å². The van der Waals surface area contributed by atoms with E-state index >= 15 is 0 Å². The molecule has 3 rings (SSSR count). The Hall–Kier alpha value is -2.18. The molecule has 0 saturated heterocycles. The molecule has 1 aliphatic carbocycles. The van der Waals surface area contributed by atoms with Gasteiger partial charge in [0.2, 0.25) is 11.8 Å². The maximum atomic E-state index is 12.5. The third kappa shape index (κ3) is 6.17. The van der Waals surface area contributed by atoms with Crippen molar-refractivity contribution in [2.24, 2.45) is 0 Å². The molecule has 1 aliphatic rings. The lowest BCUT2D eigenvalue weighted by molar-refractivity contribution is -0.119. The van der Waals surface area contributed by atoms with Gasteiger partial charge in [-0.05, 0) is 62.1 Å². The summed E-state index contributed by atoms with van der Waals surface area (Å²) >= 11 is 3.40. The van der Waals surface area contributed by atoms with Crippen LogP contribution in [0.1, 0.15) is 30.4 Å². The lowest BCUT2D eigenvalue weighted by Gasteiger charge is -2.21. The third-order valence-electron chi connectivity index (χ3n) is 4.81. The van der Waals surface area contributed by atoms with E-state index in [-0.39, 0.29) is 11.8 Å². The number of hydrogen-bond acceptors (Lipinski definition) is 3. The van der Waals surface area contributed by atoms with Crippen LogP contribution in [0.4, 0.5) is 11.4 Å². The highest BCUT2D eigenvalue weighted by Gasteiger charge is 2.30. The maximum Gasteiger partial charge on any atom is 0.238 e. The molecule has 1 fully saturated rings. The van der Waals surface area contributed by atoms with Crippen molar-refractivity contribution < 1.29 is 9.59 Å². The summed E-state index contributed by atoms with van der Waals surface area (Å²) in [5.74, 6) is -0.0771. The summed E-state index contributed by atoms with van der Waals surface area (Å²) in [5, 5.41) is 5.92. The first-order valence-corrected chi connectivity index (χ1v) is 10.4. The van der Waals surface area contributed by atoms with Gasteiger partial charge < -0.3 is 10.6 Å². The minimum absolute atomic E-state index is 0.0343. The number of halogens is 1. The molecule has 0 bridgehead atoms. The number of amides is 2. The molecule has 0 spiro atoms. The van der Waals surface area contributed by atoms with E-state index in [0.29, 0.717) is 25.6 Å². The smallest absolute Gasteiger partial charge is 0.238 e. The predicted octanol–water partition coefficient (Wildman–Crippen LogP) is 4.50. The van der Waals surface area contributed by atoms with E-state index in [1.54, 1.807) is 0 Å². The number of carbonyl (C=O) groups excluding carboxylic acids is 2. The van der Waals surface area contributed by atoms with Crippen molar-refractivity contribution >= 4 is 39.1 Å². The number of hydrogen-bond donors (Lipinski definition) is 2. The highest BCUT2D eigenvalue weighted by Crippen LogP contribution is 2.27. The summed E-state index contributed by atoms with van der Waals surface area (Å²) in [6.07, 6.45) is 2.54. The molecule has 0 unspecified atom stereocenters. The van der Waals surface area contributed by atoms with Crippen LogP contribution in [0, 0.1) is 13.8 Å². The minimum Gasteiger partial charge on any atom is -0.326 e. The SMILES string of the molecule is Cc1ccc(C)c(NC(=O)CN(CCC(=O)Nc2cccc(Br)c2)C2CC2)c1. The number of nitrogens with zero attached hydrogens (tertiary/aromatic N) is 1. The third-order valence-corrected chi connectivity index (χ3v) is 5.30. The van der Waals surface area contributed by atoms with Crippen molar-refractivity contribution in [3.8, 4) is 0 Å². The van der Waals surface area contributed by atoms with Crippen molar-refractivity contribution in [1.82, 2.24) is 4.90 Å².